The summed E-state index contributed by atoms with van der Waals surface area (Å²) in [6.45, 7) is 6.89. The fourth-order valence-corrected chi connectivity index (χ4v) is 3.18. The second-order valence-electron chi connectivity index (χ2n) is 6.05. The van der Waals surface area contributed by atoms with Crippen LogP contribution in [0.1, 0.15) is 43.0 Å². The third-order valence-corrected chi connectivity index (χ3v) is 4.36. The maximum atomic E-state index is 13.7. The Labute approximate surface area is 123 Å². The lowest BCUT2D eigenvalue weighted by atomic mass is 9.93. The third-order valence-electron chi connectivity index (χ3n) is 3.35. The van der Waals surface area contributed by atoms with Gasteiger partial charge in [0.25, 0.3) is 0 Å². The Balaban J connectivity index is 2.21. The van der Waals surface area contributed by atoms with Crippen LogP contribution in [0.5, 0.6) is 0 Å². The van der Waals surface area contributed by atoms with Crippen molar-refractivity contribution in [3.8, 4) is 0 Å². The number of nitrogens with two attached hydrogens (primary N) is 1. The van der Waals surface area contributed by atoms with Crippen molar-refractivity contribution in [1.29, 1.82) is 0 Å². The van der Waals surface area contributed by atoms with E-state index in [0.29, 0.717) is 18.5 Å². The molecule has 2 aromatic rings. The molecule has 0 fully saturated rings. The van der Waals surface area contributed by atoms with E-state index in [1.54, 1.807) is 17.4 Å². The van der Waals surface area contributed by atoms with Crippen LogP contribution in [-0.4, -0.2) is 11.5 Å². The van der Waals surface area contributed by atoms with E-state index in [4.69, 9.17) is 10.7 Å². The molecule has 0 amide bonds. The first-order valence-electron chi connectivity index (χ1n) is 6.81. The van der Waals surface area contributed by atoms with Gasteiger partial charge in [0.15, 0.2) is 0 Å². The molecule has 0 spiro atoms. The van der Waals surface area contributed by atoms with E-state index in [-0.39, 0.29) is 17.2 Å². The van der Waals surface area contributed by atoms with Crippen LogP contribution in [0.4, 0.5) is 4.39 Å². The van der Waals surface area contributed by atoms with E-state index in [1.807, 2.05) is 12.1 Å². The van der Waals surface area contributed by atoms with Crippen molar-refractivity contribution in [1.82, 2.24) is 4.98 Å². The van der Waals surface area contributed by atoms with Gasteiger partial charge in [-0.2, -0.15) is 0 Å². The normalized spacial score (nSPS) is 13.4. The number of benzene rings is 1. The van der Waals surface area contributed by atoms with Gasteiger partial charge in [0.05, 0.1) is 10.7 Å². The molecule has 0 saturated carbocycles. The number of halogens is 1. The molecule has 1 aromatic carbocycles. The predicted octanol–water partition coefficient (Wildman–Crippen LogP) is 3.86. The first kappa shape index (κ1) is 15.1. The van der Waals surface area contributed by atoms with E-state index in [1.165, 1.54) is 6.07 Å². The molecule has 1 atom stereocenters. The summed E-state index contributed by atoms with van der Waals surface area (Å²) in [5.74, 6) is -0.0912. The Morgan fingerprint density at radius 3 is 2.55 bits per heavy atom. The highest BCUT2D eigenvalue weighted by Crippen LogP contribution is 2.29. The SMILES string of the molecule is CC(C)(C)c1csc(C(CN)Cc2ccccc2F)n1. The zero-order chi connectivity index (χ0) is 14.8. The highest BCUT2D eigenvalue weighted by atomic mass is 32.1. The van der Waals surface area contributed by atoms with Crippen LogP contribution in [0.25, 0.3) is 0 Å². The van der Waals surface area contributed by atoms with Crippen molar-refractivity contribution in [2.75, 3.05) is 6.54 Å². The molecule has 0 radical (unpaired) electrons. The predicted molar refractivity (Wildman–Crippen MR) is 82.7 cm³/mol. The summed E-state index contributed by atoms with van der Waals surface area (Å²) in [5.41, 5.74) is 7.68. The first-order chi connectivity index (χ1) is 9.41. The van der Waals surface area contributed by atoms with Gasteiger partial charge in [0.2, 0.25) is 0 Å². The van der Waals surface area contributed by atoms with Crippen molar-refractivity contribution in [3.63, 3.8) is 0 Å². The molecule has 0 bridgehead atoms. The molecule has 0 aliphatic carbocycles. The van der Waals surface area contributed by atoms with Gasteiger partial charge >= 0.3 is 0 Å². The standard InChI is InChI=1S/C16H21FN2S/c1-16(2,3)14-10-20-15(19-14)12(9-18)8-11-6-4-5-7-13(11)17/h4-7,10,12H,8-9,18H2,1-3H3. The fraction of sp³-hybridized carbons (Fsp3) is 0.438. The summed E-state index contributed by atoms with van der Waals surface area (Å²) in [7, 11) is 0. The molecule has 4 heteroatoms. The van der Waals surface area contributed by atoms with Crippen LogP contribution in [0.2, 0.25) is 0 Å². The Morgan fingerprint density at radius 1 is 1.30 bits per heavy atom. The number of nitrogens with zero attached hydrogens (tertiary/aromatic N) is 1. The van der Waals surface area contributed by atoms with E-state index < -0.39 is 0 Å². The quantitative estimate of drug-likeness (QED) is 0.929. The smallest absolute Gasteiger partial charge is 0.126 e. The first-order valence-corrected chi connectivity index (χ1v) is 7.69. The van der Waals surface area contributed by atoms with E-state index in [0.717, 1.165) is 10.7 Å². The molecule has 20 heavy (non-hydrogen) atoms. The van der Waals surface area contributed by atoms with Crippen molar-refractivity contribution in [2.24, 2.45) is 5.73 Å². The topological polar surface area (TPSA) is 38.9 Å². The summed E-state index contributed by atoms with van der Waals surface area (Å²) in [6, 6.07) is 6.87. The Kier molecular flexibility index (Phi) is 4.55. The zero-order valence-electron chi connectivity index (χ0n) is 12.2. The van der Waals surface area contributed by atoms with Crippen LogP contribution in [0.15, 0.2) is 29.6 Å². The maximum Gasteiger partial charge on any atom is 0.126 e. The molecule has 0 aliphatic rings. The summed E-state index contributed by atoms with van der Waals surface area (Å²) in [4.78, 5) is 4.69. The number of thiazole rings is 1. The van der Waals surface area contributed by atoms with Gasteiger partial charge in [-0.15, -0.1) is 11.3 Å². The highest BCUT2D eigenvalue weighted by Gasteiger charge is 2.21. The number of hydrogen-bond donors (Lipinski definition) is 1. The average Bonchev–Trinajstić information content (AvgIpc) is 2.87. The van der Waals surface area contributed by atoms with Gasteiger partial charge in [0.1, 0.15) is 5.82 Å². The summed E-state index contributed by atoms with van der Waals surface area (Å²) >= 11 is 1.62. The van der Waals surface area contributed by atoms with Gasteiger partial charge < -0.3 is 5.73 Å². The molecule has 2 N–H and O–H groups in total. The lowest BCUT2D eigenvalue weighted by molar-refractivity contribution is 0.562. The van der Waals surface area contributed by atoms with Crippen molar-refractivity contribution >= 4 is 11.3 Å². The molecule has 108 valence electrons. The van der Waals surface area contributed by atoms with Gasteiger partial charge in [0, 0.05) is 23.3 Å². The molecular formula is C16H21FN2S. The van der Waals surface area contributed by atoms with Crippen molar-refractivity contribution in [3.05, 3.63) is 51.7 Å². The minimum absolute atomic E-state index is 0.0336. The molecular weight excluding hydrogens is 271 g/mol. The van der Waals surface area contributed by atoms with E-state index >= 15 is 0 Å². The van der Waals surface area contributed by atoms with Crippen LogP contribution in [0, 0.1) is 5.82 Å². The van der Waals surface area contributed by atoms with Gasteiger partial charge in [-0.3, -0.25) is 0 Å². The zero-order valence-corrected chi connectivity index (χ0v) is 13.0. The number of hydrogen-bond acceptors (Lipinski definition) is 3. The fourth-order valence-electron chi connectivity index (χ4n) is 2.02. The molecule has 0 saturated heterocycles. The number of aromatic nitrogens is 1. The molecule has 1 aromatic heterocycles. The minimum atomic E-state index is -0.168. The summed E-state index contributed by atoms with van der Waals surface area (Å²) in [5, 5.41) is 3.08. The van der Waals surface area contributed by atoms with Crippen molar-refractivity contribution in [2.45, 2.75) is 38.5 Å². The second-order valence-corrected chi connectivity index (χ2v) is 6.94. The molecule has 1 unspecified atom stereocenters. The van der Waals surface area contributed by atoms with Crippen LogP contribution in [0.3, 0.4) is 0 Å². The van der Waals surface area contributed by atoms with E-state index in [2.05, 4.69) is 26.2 Å². The number of rotatable bonds is 4. The van der Waals surface area contributed by atoms with Crippen molar-refractivity contribution < 1.29 is 4.39 Å². The maximum absolute atomic E-state index is 13.7. The van der Waals surface area contributed by atoms with Gasteiger partial charge in [-0.25, -0.2) is 9.37 Å². The van der Waals surface area contributed by atoms with Crippen LogP contribution >= 0.6 is 11.3 Å². The summed E-state index contributed by atoms with van der Waals surface area (Å²) < 4.78 is 13.7. The van der Waals surface area contributed by atoms with Crippen LogP contribution < -0.4 is 5.73 Å². The second kappa shape index (κ2) is 6.02. The monoisotopic (exact) mass is 292 g/mol. The van der Waals surface area contributed by atoms with Gasteiger partial charge in [-0.05, 0) is 18.1 Å². The molecule has 0 aliphatic heterocycles. The largest absolute Gasteiger partial charge is 0.330 e. The Morgan fingerprint density at radius 2 is 2.00 bits per heavy atom. The Hall–Kier alpha value is -1.26. The summed E-state index contributed by atoms with van der Waals surface area (Å²) in [6.07, 6.45) is 0.597. The molecule has 1 heterocycles. The lowest BCUT2D eigenvalue weighted by Gasteiger charge is -2.16. The molecule has 2 nitrogen and oxygen atoms in total. The minimum Gasteiger partial charge on any atom is -0.330 e. The Bertz CT molecular complexity index is 572. The average molecular weight is 292 g/mol. The van der Waals surface area contributed by atoms with Crippen LogP contribution in [-0.2, 0) is 11.8 Å². The highest BCUT2D eigenvalue weighted by molar-refractivity contribution is 7.09. The van der Waals surface area contributed by atoms with Gasteiger partial charge in [-0.1, -0.05) is 39.0 Å². The third kappa shape index (κ3) is 3.44. The van der Waals surface area contributed by atoms with E-state index in [9.17, 15) is 4.39 Å². The lowest BCUT2D eigenvalue weighted by Crippen LogP contribution is -2.17. The molecule has 2 rings (SSSR count).